The van der Waals surface area contributed by atoms with Crippen LogP contribution in [0, 0.1) is 0 Å². The molecular formula is C25H27ClN6O3. The number of aryl methyl sites for hydroxylation is 1. The Morgan fingerprint density at radius 1 is 1.09 bits per heavy atom. The Morgan fingerprint density at radius 2 is 1.91 bits per heavy atom. The van der Waals surface area contributed by atoms with Crippen LogP contribution in [-0.2, 0) is 24.3 Å². The van der Waals surface area contributed by atoms with Gasteiger partial charge in [-0.3, -0.25) is 9.59 Å². The van der Waals surface area contributed by atoms with Gasteiger partial charge in [-0.05, 0) is 44.2 Å². The molecule has 3 aliphatic heterocycles. The molecule has 1 fully saturated rings. The van der Waals surface area contributed by atoms with E-state index in [-0.39, 0.29) is 17.9 Å². The Balaban J connectivity index is 1.27. The summed E-state index contributed by atoms with van der Waals surface area (Å²) in [6.45, 7) is 3.10. The lowest BCUT2D eigenvalue weighted by atomic mass is 10.0. The summed E-state index contributed by atoms with van der Waals surface area (Å²) < 4.78 is 9.62. The highest BCUT2D eigenvalue weighted by Gasteiger charge is 2.30. The van der Waals surface area contributed by atoms with Crippen LogP contribution in [0.4, 0.5) is 0 Å². The van der Waals surface area contributed by atoms with Gasteiger partial charge in [-0.15, -0.1) is 0 Å². The zero-order chi connectivity index (χ0) is 23.9. The second-order valence-electron chi connectivity index (χ2n) is 9.33. The first kappa shape index (κ1) is 22.3. The number of ether oxygens (including phenoxy) is 1. The molecule has 10 heteroatoms. The number of likely N-dealkylation sites (tertiary alicyclic amines) is 1. The van der Waals surface area contributed by atoms with E-state index in [2.05, 4.69) is 20.0 Å². The van der Waals surface area contributed by atoms with E-state index in [1.54, 1.807) is 23.3 Å². The summed E-state index contributed by atoms with van der Waals surface area (Å²) in [5.74, 6) is -0.258. The number of hydrogen-bond donors (Lipinski definition) is 1. The average Bonchev–Trinajstić information content (AvgIpc) is 3.64. The SMILES string of the molecule is O=C(N[C@@H]1COCc2c1cnn2-c1cccc(C(=O)N2CCCC2)c1Cl)c1ncn2c1CCCC2. The fourth-order valence-electron chi connectivity index (χ4n) is 5.30. The molecule has 3 aliphatic rings. The van der Waals surface area contributed by atoms with Crippen LogP contribution in [0.25, 0.3) is 5.69 Å². The minimum atomic E-state index is -0.353. The van der Waals surface area contributed by atoms with Crippen LogP contribution in [0.2, 0.25) is 5.02 Å². The molecule has 3 aromatic rings. The molecule has 0 saturated carbocycles. The maximum Gasteiger partial charge on any atom is 0.272 e. The van der Waals surface area contributed by atoms with Gasteiger partial charge >= 0.3 is 0 Å². The molecule has 9 nitrogen and oxygen atoms in total. The van der Waals surface area contributed by atoms with Gasteiger partial charge in [0.2, 0.25) is 0 Å². The lowest BCUT2D eigenvalue weighted by molar-refractivity contribution is 0.0683. The summed E-state index contributed by atoms with van der Waals surface area (Å²) >= 11 is 6.74. The first-order valence-corrected chi connectivity index (χ1v) is 12.6. The number of hydrogen-bond acceptors (Lipinski definition) is 5. The number of benzene rings is 1. The predicted octanol–water partition coefficient (Wildman–Crippen LogP) is 3.30. The van der Waals surface area contributed by atoms with Gasteiger partial charge in [-0.1, -0.05) is 17.7 Å². The van der Waals surface area contributed by atoms with Crippen LogP contribution in [0.5, 0.6) is 0 Å². The molecule has 1 saturated heterocycles. The summed E-state index contributed by atoms with van der Waals surface area (Å²) in [4.78, 5) is 32.3. The van der Waals surface area contributed by atoms with Crippen molar-refractivity contribution in [2.45, 2.75) is 51.3 Å². The lowest BCUT2D eigenvalue weighted by Crippen LogP contribution is -2.35. The maximum atomic E-state index is 13.1. The third kappa shape index (κ3) is 3.92. The van der Waals surface area contributed by atoms with E-state index in [0.29, 0.717) is 35.2 Å². The highest BCUT2D eigenvalue weighted by Crippen LogP contribution is 2.32. The minimum Gasteiger partial charge on any atom is -0.373 e. The number of nitrogens with zero attached hydrogens (tertiary/aromatic N) is 5. The molecule has 182 valence electrons. The van der Waals surface area contributed by atoms with Crippen LogP contribution < -0.4 is 5.32 Å². The van der Waals surface area contributed by atoms with E-state index in [0.717, 1.165) is 68.7 Å². The van der Waals surface area contributed by atoms with Crippen molar-refractivity contribution in [3.05, 3.63) is 64.0 Å². The summed E-state index contributed by atoms with van der Waals surface area (Å²) in [7, 11) is 0. The molecule has 0 radical (unpaired) electrons. The van der Waals surface area contributed by atoms with Crippen LogP contribution in [0.1, 0.15) is 69.5 Å². The van der Waals surface area contributed by atoms with E-state index >= 15 is 0 Å². The molecule has 5 heterocycles. The summed E-state index contributed by atoms with van der Waals surface area (Å²) in [6.07, 6.45) is 8.56. The summed E-state index contributed by atoms with van der Waals surface area (Å²) in [5, 5.41) is 8.03. The standard InChI is InChI=1S/C25H27ClN6O3/c26-22-16(25(34)30-9-3-4-10-30)6-5-8-19(22)32-21-14-35-13-18(17(21)12-28-32)29-24(33)23-20-7-1-2-11-31(20)15-27-23/h5-6,8,12,15,18H,1-4,7,9-11,13-14H2,(H,29,33)/t18-/m1/s1. The van der Waals surface area contributed by atoms with E-state index in [1.165, 1.54) is 0 Å². The molecule has 0 unspecified atom stereocenters. The zero-order valence-corrected chi connectivity index (χ0v) is 20.1. The van der Waals surface area contributed by atoms with E-state index in [1.807, 2.05) is 17.0 Å². The number of imidazole rings is 1. The molecule has 2 aromatic heterocycles. The van der Waals surface area contributed by atoms with Gasteiger partial charge in [0.1, 0.15) is 5.69 Å². The predicted molar refractivity (Wildman–Crippen MR) is 129 cm³/mol. The molecule has 1 N–H and O–H groups in total. The quantitative estimate of drug-likeness (QED) is 0.600. The Hall–Kier alpha value is -3.17. The molecule has 1 atom stereocenters. The molecule has 0 spiro atoms. The van der Waals surface area contributed by atoms with Crippen molar-refractivity contribution in [2.75, 3.05) is 19.7 Å². The van der Waals surface area contributed by atoms with Crippen LogP contribution in [0.3, 0.4) is 0 Å². The van der Waals surface area contributed by atoms with Crippen molar-refractivity contribution >= 4 is 23.4 Å². The molecule has 1 aromatic carbocycles. The van der Waals surface area contributed by atoms with Gasteiger partial charge in [0.15, 0.2) is 0 Å². The topological polar surface area (TPSA) is 94.3 Å². The van der Waals surface area contributed by atoms with Gasteiger partial charge < -0.3 is 19.5 Å². The van der Waals surface area contributed by atoms with Crippen LogP contribution in [-0.4, -0.2) is 55.7 Å². The minimum absolute atomic E-state index is 0.0554. The zero-order valence-electron chi connectivity index (χ0n) is 19.4. The third-order valence-corrected chi connectivity index (χ3v) is 7.56. The number of rotatable bonds is 4. The normalized spacial score (nSPS) is 19.3. The van der Waals surface area contributed by atoms with Crippen molar-refractivity contribution in [3.63, 3.8) is 0 Å². The van der Waals surface area contributed by atoms with Gasteiger partial charge in [0.25, 0.3) is 11.8 Å². The highest BCUT2D eigenvalue weighted by atomic mass is 35.5. The Kier molecular flexibility index (Phi) is 5.82. The van der Waals surface area contributed by atoms with Crippen LogP contribution >= 0.6 is 11.6 Å². The third-order valence-electron chi connectivity index (χ3n) is 7.16. The largest absolute Gasteiger partial charge is 0.373 e. The second kappa shape index (κ2) is 9.13. The number of aromatic nitrogens is 4. The number of nitrogens with one attached hydrogen (secondary N) is 1. The summed E-state index contributed by atoms with van der Waals surface area (Å²) in [5.41, 5.74) is 4.26. The maximum absolute atomic E-state index is 13.1. The lowest BCUT2D eigenvalue weighted by Gasteiger charge is -2.25. The Morgan fingerprint density at radius 3 is 2.77 bits per heavy atom. The van der Waals surface area contributed by atoms with Crippen LogP contribution in [0.15, 0.2) is 30.7 Å². The van der Waals surface area contributed by atoms with Crippen molar-refractivity contribution in [2.24, 2.45) is 0 Å². The van der Waals surface area contributed by atoms with Gasteiger partial charge in [-0.2, -0.15) is 5.10 Å². The molecule has 0 bridgehead atoms. The Bertz CT molecular complexity index is 1290. The van der Waals surface area contributed by atoms with Crippen molar-refractivity contribution in [1.29, 1.82) is 0 Å². The summed E-state index contributed by atoms with van der Waals surface area (Å²) in [6, 6.07) is 5.07. The smallest absolute Gasteiger partial charge is 0.272 e. The van der Waals surface area contributed by atoms with E-state index in [4.69, 9.17) is 16.3 Å². The highest BCUT2D eigenvalue weighted by molar-refractivity contribution is 6.35. The van der Waals surface area contributed by atoms with Gasteiger partial charge in [0.05, 0.1) is 59.4 Å². The van der Waals surface area contributed by atoms with Crippen molar-refractivity contribution in [1.82, 2.24) is 29.5 Å². The number of fused-ring (bicyclic) bond motifs is 2. The number of carbonyl (C=O) groups is 2. The molecule has 35 heavy (non-hydrogen) atoms. The average molecular weight is 495 g/mol. The molecule has 6 rings (SSSR count). The first-order chi connectivity index (χ1) is 17.1. The fraction of sp³-hybridized carbons (Fsp3) is 0.440. The fourth-order valence-corrected chi connectivity index (χ4v) is 5.59. The van der Waals surface area contributed by atoms with E-state index in [9.17, 15) is 9.59 Å². The van der Waals surface area contributed by atoms with E-state index < -0.39 is 0 Å². The Labute approximate surface area is 208 Å². The second-order valence-corrected chi connectivity index (χ2v) is 9.71. The molecular weight excluding hydrogens is 468 g/mol. The monoisotopic (exact) mass is 494 g/mol. The number of halogens is 1. The van der Waals surface area contributed by atoms with Gasteiger partial charge in [-0.25, -0.2) is 9.67 Å². The molecule has 2 amide bonds. The van der Waals surface area contributed by atoms with Gasteiger partial charge in [0, 0.05) is 25.2 Å². The first-order valence-electron chi connectivity index (χ1n) is 12.2. The van der Waals surface area contributed by atoms with Crippen molar-refractivity contribution < 1.29 is 14.3 Å². The number of amides is 2. The molecule has 0 aliphatic carbocycles. The number of carbonyl (C=O) groups excluding carboxylic acids is 2. The van der Waals surface area contributed by atoms with Crippen molar-refractivity contribution in [3.8, 4) is 5.69 Å².